The van der Waals surface area contributed by atoms with Crippen molar-refractivity contribution in [1.29, 1.82) is 0 Å². The van der Waals surface area contributed by atoms with Crippen molar-refractivity contribution >= 4 is 55.6 Å². The molecule has 0 radical (unpaired) electrons. The summed E-state index contributed by atoms with van der Waals surface area (Å²) in [7, 11) is 0. The minimum Gasteiger partial charge on any atom is -0.492 e. The zero-order chi connectivity index (χ0) is 23.5. The average Bonchev–Trinajstić information content (AvgIpc) is 3.51. The minimum atomic E-state index is -0.515. The van der Waals surface area contributed by atoms with Gasteiger partial charge in [-0.15, -0.1) is 0 Å². The number of fused-ring (bicyclic) bond motifs is 1. The van der Waals surface area contributed by atoms with Crippen LogP contribution in [-0.4, -0.2) is 46.1 Å². The number of anilines is 4. The summed E-state index contributed by atoms with van der Waals surface area (Å²) in [5.74, 6) is 7.03. The molecule has 1 aliphatic heterocycles. The highest BCUT2D eigenvalue weighted by atomic mass is 35.5. The van der Waals surface area contributed by atoms with E-state index in [9.17, 15) is 4.39 Å². The van der Waals surface area contributed by atoms with E-state index in [1.807, 2.05) is 24.3 Å². The lowest BCUT2D eigenvalue weighted by Crippen LogP contribution is -2.26. The van der Waals surface area contributed by atoms with Gasteiger partial charge in [0.05, 0.1) is 10.7 Å². The van der Waals surface area contributed by atoms with Crippen molar-refractivity contribution in [2.75, 3.05) is 36.6 Å². The lowest BCUT2D eigenvalue weighted by molar-refractivity contribution is 0.238. The Hall–Kier alpha value is -3.05. The number of ether oxygens (including phenoxy) is 1. The summed E-state index contributed by atoms with van der Waals surface area (Å²) in [6, 6.07) is 12.0. The molecule has 1 fully saturated rings. The zero-order valence-corrected chi connectivity index (χ0v) is 19.8. The lowest BCUT2D eigenvalue weighted by Gasteiger charge is -2.17. The molecule has 0 spiro atoms. The van der Waals surface area contributed by atoms with Gasteiger partial charge in [0.25, 0.3) is 0 Å². The number of hydrogen-bond acceptors (Lipinski definition) is 9. The Labute approximate surface area is 205 Å². The van der Waals surface area contributed by atoms with Gasteiger partial charge in [-0.05, 0) is 68.4 Å². The molecule has 0 unspecified atom stereocenters. The SMILES string of the molecule is NN(c1ccc(F)c(Cl)c1)c1ncnc2nc(Nc3ccc(OCCN4CCCC4)cc3)sc12. The molecular formula is C23H23ClFN7OS. The Morgan fingerprint density at radius 3 is 2.71 bits per heavy atom. The van der Waals surface area contributed by atoms with Gasteiger partial charge in [-0.2, -0.15) is 4.98 Å². The quantitative estimate of drug-likeness (QED) is 0.255. The van der Waals surface area contributed by atoms with Crippen molar-refractivity contribution in [2.45, 2.75) is 12.8 Å². The predicted octanol–water partition coefficient (Wildman–Crippen LogP) is 5.11. The summed E-state index contributed by atoms with van der Waals surface area (Å²) in [5, 5.41) is 5.25. The predicted molar refractivity (Wildman–Crippen MR) is 134 cm³/mol. The van der Waals surface area contributed by atoms with E-state index in [4.69, 9.17) is 22.2 Å². The number of nitrogens with one attached hydrogen (secondary N) is 1. The number of nitrogens with two attached hydrogens (primary N) is 1. The van der Waals surface area contributed by atoms with Gasteiger partial charge in [0.1, 0.15) is 29.2 Å². The maximum atomic E-state index is 13.5. The molecule has 0 bridgehead atoms. The van der Waals surface area contributed by atoms with Crippen LogP contribution in [0.2, 0.25) is 5.02 Å². The molecule has 0 amide bonds. The van der Waals surface area contributed by atoms with Crippen molar-refractivity contribution < 1.29 is 9.13 Å². The molecule has 1 saturated heterocycles. The van der Waals surface area contributed by atoms with Crippen LogP contribution in [0.25, 0.3) is 10.3 Å². The first-order chi connectivity index (χ1) is 16.6. The highest BCUT2D eigenvalue weighted by Gasteiger charge is 2.17. The van der Waals surface area contributed by atoms with Crippen molar-refractivity contribution in [3.05, 3.63) is 59.6 Å². The lowest BCUT2D eigenvalue weighted by atomic mass is 10.3. The van der Waals surface area contributed by atoms with Crippen LogP contribution in [0.4, 0.5) is 26.7 Å². The second-order valence-corrected chi connectivity index (χ2v) is 9.29. The third-order valence-electron chi connectivity index (χ3n) is 5.56. The number of hydrazine groups is 1. The third kappa shape index (κ3) is 5.05. The Kier molecular flexibility index (Phi) is 6.73. The van der Waals surface area contributed by atoms with Gasteiger partial charge in [-0.3, -0.25) is 9.91 Å². The monoisotopic (exact) mass is 499 g/mol. The topological polar surface area (TPSA) is 92.4 Å². The molecule has 0 aliphatic carbocycles. The standard InChI is InChI=1S/C23H23ClFN7OS/c24-18-13-16(5-8-19(18)25)32(26)22-20-21(27-14-28-22)30-23(34-20)29-15-3-6-17(7-4-15)33-12-11-31-9-1-2-10-31/h3-8,13-14H,1-2,9-12,26H2,(H,27,28,29,30). The molecule has 3 N–H and O–H groups in total. The van der Waals surface area contributed by atoms with E-state index in [2.05, 4.69) is 25.2 Å². The van der Waals surface area contributed by atoms with Gasteiger partial charge >= 0.3 is 0 Å². The van der Waals surface area contributed by atoms with E-state index < -0.39 is 5.82 Å². The van der Waals surface area contributed by atoms with Gasteiger partial charge < -0.3 is 10.1 Å². The normalized spacial score (nSPS) is 14.0. The second kappa shape index (κ2) is 10.1. The zero-order valence-electron chi connectivity index (χ0n) is 18.2. The summed E-state index contributed by atoms with van der Waals surface area (Å²) in [4.78, 5) is 15.5. The number of halogens is 2. The third-order valence-corrected chi connectivity index (χ3v) is 6.81. The Bertz CT molecular complexity index is 1280. The molecule has 5 rings (SSSR count). The molecule has 0 atom stereocenters. The summed E-state index contributed by atoms with van der Waals surface area (Å²) in [6.45, 7) is 3.97. The molecule has 34 heavy (non-hydrogen) atoms. The number of benzene rings is 2. The van der Waals surface area contributed by atoms with Crippen LogP contribution >= 0.6 is 22.9 Å². The van der Waals surface area contributed by atoms with Gasteiger partial charge in [0.15, 0.2) is 16.6 Å². The van der Waals surface area contributed by atoms with Crippen molar-refractivity contribution in [1.82, 2.24) is 19.9 Å². The summed E-state index contributed by atoms with van der Waals surface area (Å²) >= 11 is 7.27. The fourth-order valence-corrected chi connectivity index (χ4v) is 4.88. The minimum absolute atomic E-state index is 0.0200. The molecule has 4 aromatic rings. The van der Waals surface area contributed by atoms with Gasteiger partial charge in [-0.1, -0.05) is 22.9 Å². The van der Waals surface area contributed by atoms with E-state index >= 15 is 0 Å². The number of aromatic nitrogens is 3. The summed E-state index contributed by atoms with van der Waals surface area (Å²) < 4.78 is 20.1. The fourth-order valence-electron chi connectivity index (χ4n) is 3.78. The van der Waals surface area contributed by atoms with Gasteiger partial charge in [-0.25, -0.2) is 20.2 Å². The molecule has 3 heterocycles. The van der Waals surface area contributed by atoms with E-state index in [-0.39, 0.29) is 5.02 Å². The van der Waals surface area contributed by atoms with Crippen LogP contribution in [0.3, 0.4) is 0 Å². The van der Waals surface area contributed by atoms with Crippen molar-refractivity contribution in [3.63, 3.8) is 0 Å². The Morgan fingerprint density at radius 2 is 1.94 bits per heavy atom. The average molecular weight is 500 g/mol. The van der Waals surface area contributed by atoms with Crippen LogP contribution in [0.1, 0.15) is 12.8 Å². The molecule has 176 valence electrons. The van der Waals surface area contributed by atoms with E-state index in [0.29, 0.717) is 33.6 Å². The van der Waals surface area contributed by atoms with E-state index in [1.165, 1.54) is 66.8 Å². The maximum absolute atomic E-state index is 13.5. The summed E-state index contributed by atoms with van der Waals surface area (Å²) in [6.07, 6.45) is 3.95. The van der Waals surface area contributed by atoms with Gasteiger partial charge in [0, 0.05) is 12.2 Å². The van der Waals surface area contributed by atoms with Crippen molar-refractivity contribution in [3.8, 4) is 5.75 Å². The first kappa shape index (κ1) is 22.7. The molecule has 1 aliphatic rings. The van der Waals surface area contributed by atoms with Gasteiger partial charge in [0.2, 0.25) is 0 Å². The van der Waals surface area contributed by atoms with Crippen LogP contribution in [0.5, 0.6) is 5.75 Å². The number of nitrogens with zero attached hydrogens (tertiary/aromatic N) is 5. The largest absolute Gasteiger partial charge is 0.492 e. The molecule has 2 aromatic heterocycles. The van der Waals surface area contributed by atoms with Crippen LogP contribution in [0, 0.1) is 5.82 Å². The summed E-state index contributed by atoms with van der Waals surface area (Å²) in [5.41, 5.74) is 1.87. The van der Waals surface area contributed by atoms with Crippen LogP contribution in [-0.2, 0) is 0 Å². The van der Waals surface area contributed by atoms with E-state index in [1.54, 1.807) is 0 Å². The Balaban J connectivity index is 1.27. The smallest absolute Gasteiger partial charge is 0.189 e. The number of thiazole rings is 1. The second-order valence-electron chi connectivity index (χ2n) is 7.88. The number of likely N-dealkylation sites (tertiary alicyclic amines) is 1. The van der Waals surface area contributed by atoms with Crippen molar-refractivity contribution in [2.24, 2.45) is 5.84 Å². The molecule has 2 aromatic carbocycles. The number of rotatable bonds is 8. The molecular weight excluding hydrogens is 477 g/mol. The Morgan fingerprint density at radius 1 is 1.15 bits per heavy atom. The number of hydrogen-bond donors (Lipinski definition) is 2. The van der Waals surface area contributed by atoms with Crippen LogP contribution < -0.4 is 20.9 Å². The van der Waals surface area contributed by atoms with Crippen LogP contribution in [0.15, 0.2) is 48.8 Å². The fraction of sp³-hybridized carbons (Fsp3) is 0.261. The van der Waals surface area contributed by atoms with E-state index in [0.717, 1.165) is 18.0 Å². The first-order valence-corrected chi connectivity index (χ1v) is 12.1. The first-order valence-electron chi connectivity index (χ1n) is 10.9. The highest BCUT2D eigenvalue weighted by Crippen LogP contribution is 2.35. The molecule has 11 heteroatoms. The highest BCUT2D eigenvalue weighted by molar-refractivity contribution is 7.22. The molecule has 8 nitrogen and oxygen atoms in total. The molecule has 0 saturated carbocycles. The maximum Gasteiger partial charge on any atom is 0.189 e.